The van der Waals surface area contributed by atoms with Crippen molar-refractivity contribution < 1.29 is 17.9 Å². The van der Waals surface area contributed by atoms with Gasteiger partial charge in [0.1, 0.15) is 18.2 Å². The first-order valence-electron chi connectivity index (χ1n) is 6.48. The quantitative estimate of drug-likeness (QED) is 0.901. The minimum absolute atomic E-state index is 0.167. The van der Waals surface area contributed by atoms with Crippen molar-refractivity contribution in [1.82, 2.24) is 4.98 Å². The van der Waals surface area contributed by atoms with Gasteiger partial charge in [0.25, 0.3) is 0 Å². The molecule has 0 atom stereocenters. The molecule has 0 saturated heterocycles. The van der Waals surface area contributed by atoms with E-state index in [0.29, 0.717) is 0 Å². The smallest absolute Gasteiger partial charge is 0.416 e. The molecule has 6 heteroatoms. The summed E-state index contributed by atoms with van der Waals surface area (Å²) in [5, 5.41) is 3.06. The fraction of sp³-hybridized carbons (Fsp3) is 0.267. The van der Waals surface area contributed by atoms with Crippen molar-refractivity contribution >= 4 is 5.82 Å². The van der Waals surface area contributed by atoms with E-state index >= 15 is 0 Å². The van der Waals surface area contributed by atoms with Gasteiger partial charge >= 0.3 is 6.18 Å². The van der Waals surface area contributed by atoms with E-state index in [2.05, 4.69) is 10.3 Å². The van der Waals surface area contributed by atoms with Crippen LogP contribution in [0.15, 0.2) is 42.6 Å². The fourth-order valence-corrected chi connectivity index (χ4v) is 1.72. The summed E-state index contributed by atoms with van der Waals surface area (Å²) < 4.78 is 43.1. The van der Waals surface area contributed by atoms with Crippen LogP contribution in [0.4, 0.5) is 19.0 Å². The molecule has 0 aliphatic heterocycles. The van der Waals surface area contributed by atoms with Gasteiger partial charge in [-0.05, 0) is 31.2 Å². The summed E-state index contributed by atoms with van der Waals surface area (Å²) in [5.74, 6) is 0.931. The highest BCUT2D eigenvalue weighted by molar-refractivity contribution is 5.35. The number of nitrogens with zero attached hydrogens (tertiary/aromatic N) is 1. The summed E-state index contributed by atoms with van der Waals surface area (Å²) in [5.41, 5.74) is 0.0645. The van der Waals surface area contributed by atoms with Crippen LogP contribution in [0.5, 0.6) is 5.75 Å². The maximum absolute atomic E-state index is 12.6. The van der Waals surface area contributed by atoms with Gasteiger partial charge in [-0.1, -0.05) is 12.1 Å². The van der Waals surface area contributed by atoms with Gasteiger partial charge < -0.3 is 10.1 Å². The largest absolute Gasteiger partial charge is 0.489 e. The Labute approximate surface area is 120 Å². The minimum atomic E-state index is -4.37. The predicted octanol–water partition coefficient (Wildman–Crippen LogP) is 4.11. The molecule has 0 aliphatic rings. The van der Waals surface area contributed by atoms with Crippen LogP contribution in [0.2, 0.25) is 0 Å². The van der Waals surface area contributed by atoms with Crippen LogP contribution in [0.1, 0.15) is 18.1 Å². The van der Waals surface area contributed by atoms with Crippen molar-refractivity contribution in [2.45, 2.75) is 19.7 Å². The maximum Gasteiger partial charge on any atom is 0.416 e. The van der Waals surface area contributed by atoms with Crippen LogP contribution in [-0.4, -0.2) is 11.5 Å². The highest BCUT2D eigenvalue weighted by atomic mass is 19.4. The number of alkyl halides is 3. The Hall–Kier alpha value is -2.24. The number of pyridine rings is 1. The Morgan fingerprint density at radius 1 is 1.19 bits per heavy atom. The lowest BCUT2D eigenvalue weighted by molar-refractivity contribution is -0.137. The lowest BCUT2D eigenvalue weighted by atomic mass is 10.2. The van der Waals surface area contributed by atoms with E-state index in [9.17, 15) is 13.2 Å². The molecule has 1 N–H and O–H groups in total. The molecule has 3 nitrogen and oxygen atoms in total. The maximum atomic E-state index is 12.6. The van der Waals surface area contributed by atoms with Gasteiger partial charge in [0.15, 0.2) is 0 Å². The fourth-order valence-electron chi connectivity index (χ4n) is 1.72. The number of aromatic nitrogens is 1. The molecule has 0 amide bonds. The molecular formula is C15H15F3N2O. The number of rotatable bonds is 5. The van der Waals surface area contributed by atoms with Crippen molar-refractivity contribution in [3.05, 3.63) is 53.7 Å². The van der Waals surface area contributed by atoms with Crippen LogP contribution in [0, 0.1) is 0 Å². The molecule has 2 aromatic rings. The van der Waals surface area contributed by atoms with Crippen molar-refractivity contribution in [2.75, 3.05) is 11.9 Å². The molecule has 0 unspecified atom stereocenters. The summed E-state index contributed by atoms with van der Waals surface area (Å²) in [7, 11) is 0. The van der Waals surface area contributed by atoms with Gasteiger partial charge in [0, 0.05) is 18.3 Å². The van der Waals surface area contributed by atoms with Crippen LogP contribution >= 0.6 is 0 Å². The Morgan fingerprint density at radius 3 is 2.62 bits per heavy atom. The third-order valence-electron chi connectivity index (χ3n) is 2.75. The second kappa shape index (κ2) is 6.47. The summed E-state index contributed by atoms with van der Waals surface area (Å²) in [6.07, 6.45) is -2.74. The third kappa shape index (κ3) is 4.37. The summed E-state index contributed by atoms with van der Waals surface area (Å²) in [6.45, 7) is 2.90. The molecule has 112 valence electrons. The zero-order chi connectivity index (χ0) is 15.3. The van der Waals surface area contributed by atoms with Crippen LogP contribution in [0.25, 0.3) is 0 Å². The lowest BCUT2D eigenvalue weighted by Gasteiger charge is -2.10. The molecule has 1 aromatic carbocycles. The minimum Gasteiger partial charge on any atom is -0.489 e. The van der Waals surface area contributed by atoms with E-state index in [-0.39, 0.29) is 12.4 Å². The Kier molecular flexibility index (Phi) is 4.67. The topological polar surface area (TPSA) is 34.1 Å². The monoisotopic (exact) mass is 296 g/mol. The Balaban J connectivity index is 1.99. The van der Waals surface area contributed by atoms with Crippen molar-refractivity contribution in [3.63, 3.8) is 0 Å². The molecule has 1 aromatic heterocycles. The van der Waals surface area contributed by atoms with E-state index in [4.69, 9.17) is 4.74 Å². The SMILES string of the molecule is CCNc1ccc(COc2cccc(C(F)(F)F)c2)cn1. The molecule has 0 spiro atoms. The number of ether oxygens (including phenoxy) is 1. The first kappa shape index (κ1) is 15.2. The van der Waals surface area contributed by atoms with E-state index in [0.717, 1.165) is 30.1 Å². The summed E-state index contributed by atoms with van der Waals surface area (Å²) in [6, 6.07) is 8.44. The van der Waals surface area contributed by atoms with Crippen LogP contribution < -0.4 is 10.1 Å². The van der Waals surface area contributed by atoms with Gasteiger partial charge in [-0.15, -0.1) is 0 Å². The molecule has 1 heterocycles. The number of halogens is 3. The standard InChI is InChI=1S/C15H15F3N2O/c1-2-19-14-7-6-11(9-20-14)10-21-13-5-3-4-12(8-13)15(16,17)18/h3-9H,2,10H2,1H3,(H,19,20). The van der Waals surface area contributed by atoms with Crippen molar-refractivity contribution in [2.24, 2.45) is 0 Å². The molecule has 0 fully saturated rings. The van der Waals surface area contributed by atoms with Crippen molar-refractivity contribution in [3.8, 4) is 5.75 Å². The number of hydrogen-bond acceptors (Lipinski definition) is 3. The zero-order valence-electron chi connectivity index (χ0n) is 11.4. The Morgan fingerprint density at radius 2 is 2.00 bits per heavy atom. The normalized spacial score (nSPS) is 11.2. The first-order chi connectivity index (χ1) is 9.99. The number of anilines is 1. The van der Waals surface area contributed by atoms with Gasteiger partial charge in [0.2, 0.25) is 0 Å². The number of nitrogens with one attached hydrogen (secondary N) is 1. The van der Waals surface area contributed by atoms with E-state index in [1.54, 1.807) is 12.3 Å². The van der Waals surface area contributed by atoms with Crippen LogP contribution in [0.3, 0.4) is 0 Å². The average molecular weight is 296 g/mol. The van der Waals surface area contributed by atoms with E-state index in [1.807, 2.05) is 13.0 Å². The third-order valence-corrected chi connectivity index (χ3v) is 2.75. The van der Waals surface area contributed by atoms with Gasteiger partial charge in [0.05, 0.1) is 5.56 Å². The zero-order valence-corrected chi connectivity index (χ0v) is 11.4. The second-order valence-electron chi connectivity index (χ2n) is 4.40. The first-order valence-corrected chi connectivity index (χ1v) is 6.48. The predicted molar refractivity (Wildman–Crippen MR) is 74.2 cm³/mol. The number of benzene rings is 1. The van der Waals surface area contributed by atoms with Gasteiger partial charge in [-0.25, -0.2) is 4.98 Å². The lowest BCUT2D eigenvalue weighted by Crippen LogP contribution is -2.05. The van der Waals surface area contributed by atoms with E-state index in [1.165, 1.54) is 12.1 Å². The molecular weight excluding hydrogens is 281 g/mol. The molecule has 0 aliphatic carbocycles. The highest BCUT2D eigenvalue weighted by Gasteiger charge is 2.30. The molecule has 0 radical (unpaired) electrons. The second-order valence-corrected chi connectivity index (χ2v) is 4.40. The summed E-state index contributed by atoms with van der Waals surface area (Å²) >= 11 is 0. The van der Waals surface area contributed by atoms with Gasteiger partial charge in [-0.3, -0.25) is 0 Å². The molecule has 21 heavy (non-hydrogen) atoms. The van der Waals surface area contributed by atoms with Gasteiger partial charge in [-0.2, -0.15) is 13.2 Å². The Bertz CT molecular complexity index is 582. The molecule has 0 saturated carbocycles. The average Bonchev–Trinajstić information content (AvgIpc) is 2.46. The van der Waals surface area contributed by atoms with Crippen molar-refractivity contribution in [1.29, 1.82) is 0 Å². The van der Waals surface area contributed by atoms with E-state index < -0.39 is 11.7 Å². The number of hydrogen-bond donors (Lipinski definition) is 1. The molecule has 2 rings (SSSR count). The van der Waals surface area contributed by atoms with Crippen LogP contribution in [-0.2, 0) is 12.8 Å². The highest BCUT2D eigenvalue weighted by Crippen LogP contribution is 2.31. The molecule has 0 bridgehead atoms. The summed E-state index contributed by atoms with van der Waals surface area (Å²) in [4.78, 5) is 4.17.